The van der Waals surface area contributed by atoms with E-state index in [0.29, 0.717) is 5.41 Å². The molecule has 4 aliphatic rings. The normalized spacial score (nSPS) is 50.0. The minimum Gasteiger partial charge on any atom is -0.0591 e. The Bertz CT molecular complexity index is 172. The first-order valence-corrected chi connectivity index (χ1v) is 5.51. The van der Waals surface area contributed by atoms with Crippen molar-refractivity contribution in [3.05, 3.63) is 5.92 Å². The summed E-state index contributed by atoms with van der Waals surface area (Å²) in [5.74, 6) is 5.18. The lowest BCUT2D eigenvalue weighted by atomic mass is 9.46. The van der Waals surface area contributed by atoms with Crippen molar-refractivity contribution in [3.63, 3.8) is 0 Å². The summed E-state index contributed by atoms with van der Waals surface area (Å²) in [6.07, 6.45) is 7.64. The molecule has 67 valence electrons. The van der Waals surface area contributed by atoms with E-state index in [9.17, 15) is 0 Å². The van der Waals surface area contributed by atoms with E-state index in [-0.39, 0.29) is 0 Å². The quantitative estimate of drug-likeness (QED) is 0.513. The zero-order valence-electron chi connectivity index (χ0n) is 8.27. The SMILES string of the molecule is CC1(C)[C]2CC3CC(C2)CC1C3. The first kappa shape index (κ1) is 7.41. The Labute approximate surface area is 75.7 Å². The van der Waals surface area contributed by atoms with Crippen molar-refractivity contribution in [2.24, 2.45) is 23.2 Å². The lowest BCUT2D eigenvalue weighted by molar-refractivity contribution is -0.00529. The second-order valence-corrected chi connectivity index (χ2v) is 5.87. The molecule has 0 spiro atoms. The van der Waals surface area contributed by atoms with Crippen molar-refractivity contribution >= 4 is 0 Å². The van der Waals surface area contributed by atoms with E-state index in [0.717, 1.165) is 17.8 Å². The zero-order chi connectivity index (χ0) is 8.34. The van der Waals surface area contributed by atoms with Gasteiger partial charge in [-0.3, -0.25) is 0 Å². The van der Waals surface area contributed by atoms with Gasteiger partial charge < -0.3 is 0 Å². The second-order valence-electron chi connectivity index (χ2n) is 5.87. The average Bonchev–Trinajstić information content (AvgIpc) is 1.99. The van der Waals surface area contributed by atoms with Crippen LogP contribution in [0.1, 0.15) is 46.0 Å². The summed E-state index contributed by atoms with van der Waals surface area (Å²) in [7, 11) is 0. The molecular weight excluding hydrogens is 144 g/mol. The Morgan fingerprint density at radius 1 is 1.00 bits per heavy atom. The molecule has 4 saturated carbocycles. The molecule has 0 amide bonds. The van der Waals surface area contributed by atoms with Gasteiger partial charge in [-0.05, 0) is 61.2 Å². The Balaban J connectivity index is 1.96. The van der Waals surface area contributed by atoms with Crippen molar-refractivity contribution < 1.29 is 0 Å². The third-order valence-electron chi connectivity index (χ3n) is 4.90. The van der Waals surface area contributed by atoms with E-state index in [2.05, 4.69) is 13.8 Å². The van der Waals surface area contributed by atoms with Crippen LogP contribution in [0.25, 0.3) is 0 Å². The van der Waals surface area contributed by atoms with Crippen LogP contribution >= 0.6 is 0 Å². The summed E-state index contributed by atoms with van der Waals surface area (Å²) in [6, 6.07) is 0. The fourth-order valence-electron chi connectivity index (χ4n) is 4.08. The third kappa shape index (κ3) is 0.791. The first-order chi connectivity index (χ1) is 5.66. The predicted molar refractivity (Wildman–Crippen MR) is 50.6 cm³/mol. The Kier molecular flexibility index (Phi) is 1.28. The van der Waals surface area contributed by atoms with Gasteiger partial charge in [0.2, 0.25) is 0 Å². The van der Waals surface area contributed by atoms with Gasteiger partial charge in [-0.25, -0.2) is 0 Å². The summed E-state index contributed by atoms with van der Waals surface area (Å²) >= 11 is 0. The molecule has 0 heterocycles. The maximum atomic E-state index is 2.49. The van der Waals surface area contributed by atoms with E-state index in [4.69, 9.17) is 0 Å². The lowest BCUT2D eigenvalue weighted by Gasteiger charge is -2.58. The van der Waals surface area contributed by atoms with Crippen LogP contribution in [0.15, 0.2) is 0 Å². The smallest absolute Gasteiger partial charge is 0.0176 e. The van der Waals surface area contributed by atoms with Gasteiger partial charge >= 0.3 is 0 Å². The van der Waals surface area contributed by atoms with Crippen LogP contribution in [0.5, 0.6) is 0 Å². The monoisotopic (exact) mass is 163 g/mol. The van der Waals surface area contributed by atoms with Gasteiger partial charge in [0.15, 0.2) is 0 Å². The molecule has 0 aliphatic heterocycles. The molecular formula is C12H19. The molecule has 4 bridgehead atoms. The molecule has 0 heteroatoms. The van der Waals surface area contributed by atoms with Gasteiger partial charge in [0, 0.05) is 0 Å². The molecule has 1 radical (unpaired) electrons. The summed E-state index contributed by atoms with van der Waals surface area (Å²) in [6.45, 7) is 4.98. The van der Waals surface area contributed by atoms with Crippen LogP contribution in [-0.2, 0) is 0 Å². The molecule has 12 heavy (non-hydrogen) atoms. The molecule has 0 aromatic rings. The second kappa shape index (κ2) is 2.08. The van der Waals surface area contributed by atoms with Gasteiger partial charge in [-0.2, -0.15) is 0 Å². The van der Waals surface area contributed by atoms with E-state index in [1.165, 1.54) is 12.8 Å². The molecule has 4 fully saturated rings. The topological polar surface area (TPSA) is 0 Å². The number of hydrogen-bond acceptors (Lipinski definition) is 0. The highest BCUT2D eigenvalue weighted by molar-refractivity contribution is 5.17. The molecule has 0 N–H and O–H groups in total. The van der Waals surface area contributed by atoms with Gasteiger partial charge in [0.1, 0.15) is 0 Å². The lowest BCUT2D eigenvalue weighted by Crippen LogP contribution is -2.48. The Morgan fingerprint density at radius 2 is 1.58 bits per heavy atom. The Hall–Kier alpha value is 0. The van der Waals surface area contributed by atoms with Crippen molar-refractivity contribution in [3.8, 4) is 0 Å². The van der Waals surface area contributed by atoms with Crippen LogP contribution in [0.2, 0.25) is 0 Å². The largest absolute Gasteiger partial charge is 0.0591 e. The highest BCUT2D eigenvalue weighted by Crippen LogP contribution is 2.62. The van der Waals surface area contributed by atoms with Crippen LogP contribution < -0.4 is 0 Å². The third-order valence-corrected chi connectivity index (χ3v) is 4.90. The summed E-state index contributed by atoms with van der Waals surface area (Å²) in [5, 5.41) is 0. The summed E-state index contributed by atoms with van der Waals surface area (Å²) in [4.78, 5) is 0. The fourth-order valence-corrected chi connectivity index (χ4v) is 4.08. The highest BCUT2D eigenvalue weighted by Gasteiger charge is 2.52. The standard InChI is InChI=1S/C12H19/c1-12(2)10-4-8-3-9(6-10)7-11(12)5-8/h8-10H,3-7H2,1-2H3. The van der Waals surface area contributed by atoms with E-state index in [1.807, 2.05) is 5.92 Å². The number of rotatable bonds is 0. The molecule has 0 aromatic heterocycles. The first-order valence-electron chi connectivity index (χ1n) is 5.51. The molecule has 0 aromatic carbocycles. The van der Waals surface area contributed by atoms with Crippen LogP contribution in [-0.4, -0.2) is 0 Å². The minimum absolute atomic E-state index is 0.618. The van der Waals surface area contributed by atoms with Gasteiger partial charge in [0.25, 0.3) is 0 Å². The number of hydrogen-bond donors (Lipinski definition) is 0. The van der Waals surface area contributed by atoms with Crippen molar-refractivity contribution in [1.82, 2.24) is 0 Å². The van der Waals surface area contributed by atoms with E-state index in [1.54, 1.807) is 19.3 Å². The Morgan fingerprint density at radius 3 is 2.08 bits per heavy atom. The average molecular weight is 163 g/mol. The molecule has 2 atom stereocenters. The zero-order valence-corrected chi connectivity index (χ0v) is 8.27. The van der Waals surface area contributed by atoms with E-state index >= 15 is 0 Å². The molecule has 4 rings (SSSR count). The van der Waals surface area contributed by atoms with E-state index < -0.39 is 0 Å². The predicted octanol–water partition coefficient (Wildman–Crippen LogP) is 3.43. The fraction of sp³-hybridized carbons (Fsp3) is 0.917. The molecule has 0 nitrogen and oxygen atoms in total. The molecule has 0 saturated heterocycles. The van der Waals surface area contributed by atoms with Crippen molar-refractivity contribution in [1.29, 1.82) is 0 Å². The minimum atomic E-state index is 0.618. The molecule has 2 unspecified atom stereocenters. The van der Waals surface area contributed by atoms with Crippen LogP contribution in [0, 0.1) is 29.1 Å². The summed E-state index contributed by atoms with van der Waals surface area (Å²) < 4.78 is 0. The van der Waals surface area contributed by atoms with Gasteiger partial charge in [-0.15, -0.1) is 0 Å². The van der Waals surface area contributed by atoms with Gasteiger partial charge in [-0.1, -0.05) is 13.8 Å². The van der Waals surface area contributed by atoms with Crippen LogP contribution in [0.3, 0.4) is 0 Å². The summed E-state index contributed by atoms with van der Waals surface area (Å²) in [5.41, 5.74) is 0.618. The van der Waals surface area contributed by atoms with Crippen molar-refractivity contribution in [2.75, 3.05) is 0 Å². The van der Waals surface area contributed by atoms with Gasteiger partial charge in [0.05, 0.1) is 0 Å². The highest BCUT2D eigenvalue weighted by atomic mass is 14.6. The van der Waals surface area contributed by atoms with Crippen molar-refractivity contribution in [2.45, 2.75) is 46.0 Å². The van der Waals surface area contributed by atoms with Crippen LogP contribution in [0.4, 0.5) is 0 Å². The molecule has 4 aliphatic carbocycles. The maximum absolute atomic E-state index is 2.49. The maximum Gasteiger partial charge on any atom is -0.0176 e.